The number of nitrogens with one attached hydrogen (secondary N) is 2. The quantitative estimate of drug-likeness (QED) is 0.846. The van der Waals surface area contributed by atoms with Crippen LogP contribution >= 0.6 is 11.8 Å². The molecule has 1 atom stereocenters. The highest BCUT2D eigenvalue weighted by molar-refractivity contribution is 7.99. The first kappa shape index (κ1) is 17.8. The third-order valence-corrected chi connectivity index (χ3v) is 4.39. The zero-order valence-corrected chi connectivity index (χ0v) is 14.7. The number of aromatic nitrogens is 1. The molecule has 0 fully saturated rings. The van der Waals surface area contributed by atoms with E-state index in [1.807, 2.05) is 24.9 Å². The van der Waals surface area contributed by atoms with Gasteiger partial charge in [0.25, 0.3) is 5.91 Å². The minimum atomic E-state index is -0.0880. The molecule has 1 amide bonds. The van der Waals surface area contributed by atoms with Gasteiger partial charge in [0.05, 0.1) is 0 Å². The van der Waals surface area contributed by atoms with Crippen molar-refractivity contribution in [1.82, 2.24) is 10.3 Å². The van der Waals surface area contributed by atoms with E-state index in [9.17, 15) is 4.79 Å². The number of hydrogen-bond donors (Lipinski definition) is 2. The molecule has 1 rings (SSSR count). The minimum absolute atomic E-state index is 0.0345. The molecule has 5 heteroatoms. The first-order chi connectivity index (χ1) is 9.77. The van der Waals surface area contributed by atoms with Crippen molar-refractivity contribution in [2.75, 3.05) is 25.2 Å². The predicted octanol–water partition coefficient (Wildman–Crippen LogP) is 3.29. The highest BCUT2D eigenvalue weighted by Crippen LogP contribution is 2.23. The average molecular weight is 309 g/mol. The van der Waals surface area contributed by atoms with Gasteiger partial charge < -0.3 is 10.6 Å². The maximum Gasteiger partial charge on any atom is 0.251 e. The Kier molecular flexibility index (Phi) is 6.52. The predicted molar refractivity (Wildman–Crippen MR) is 92.4 cm³/mol. The minimum Gasteiger partial charge on any atom is -0.373 e. The van der Waals surface area contributed by atoms with Gasteiger partial charge >= 0.3 is 0 Å². The fraction of sp³-hybridized carbons (Fsp3) is 0.625. The third-order valence-electron chi connectivity index (χ3n) is 3.35. The van der Waals surface area contributed by atoms with Crippen LogP contribution in [0.2, 0.25) is 0 Å². The van der Waals surface area contributed by atoms with Crippen molar-refractivity contribution in [3.63, 3.8) is 0 Å². The van der Waals surface area contributed by atoms with E-state index in [1.165, 1.54) is 0 Å². The molecule has 0 saturated carbocycles. The van der Waals surface area contributed by atoms with Crippen molar-refractivity contribution >= 4 is 23.5 Å². The Labute approximate surface area is 132 Å². The van der Waals surface area contributed by atoms with Crippen LogP contribution in [0.25, 0.3) is 0 Å². The van der Waals surface area contributed by atoms with Crippen molar-refractivity contribution in [2.45, 2.75) is 44.8 Å². The van der Waals surface area contributed by atoms with Crippen LogP contribution in [0, 0.1) is 0 Å². The van der Waals surface area contributed by atoms with Gasteiger partial charge in [0, 0.05) is 35.5 Å². The number of pyridine rings is 1. The molecule has 0 radical (unpaired) electrons. The Morgan fingerprint density at radius 1 is 1.38 bits per heavy atom. The van der Waals surface area contributed by atoms with Gasteiger partial charge in [-0.15, -0.1) is 0 Å². The Morgan fingerprint density at radius 2 is 2.05 bits per heavy atom. The van der Waals surface area contributed by atoms with Gasteiger partial charge in [0.2, 0.25) is 0 Å². The Hall–Kier alpha value is -1.23. The summed E-state index contributed by atoms with van der Waals surface area (Å²) in [4.78, 5) is 16.8. The molecular formula is C16H27N3OS. The first-order valence-electron chi connectivity index (χ1n) is 7.29. The number of thioether (sulfide) groups is 1. The molecule has 21 heavy (non-hydrogen) atoms. The zero-order valence-electron chi connectivity index (χ0n) is 13.9. The molecule has 4 nitrogen and oxygen atoms in total. The van der Waals surface area contributed by atoms with Crippen LogP contribution in [0.3, 0.4) is 0 Å². The van der Waals surface area contributed by atoms with Gasteiger partial charge in [-0.1, -0.05) is 27.7 Å². The van der Waals surface area contributed by atoms with Crippen LogP contribution in [0.5, 0.6) is 0 Å². The lowest BCUT2D eigenvalue weighted by Gasteiger charge is -2.19. The summed E-state index contributed by atoms with van der Waals surface area (Å²) >= 11 is 1.81. The summed E-state index contributed by atoms with van der Waals surface area (Å²) in [6.45, 7) is 9.15. The van der Waals surface area contributed by atoms with E-state index in [0.717, 1.165) is 17.9 Å². The van der Waals surface area contributed by atoms with Crippen LogP contribution in [-0.2, 0) is 5.41 Å². The molecule has 0 spiro atoms. The van der Waals surface area contributed by atoms with E-state index in [0.29, 0.717) is 17.4 Å². The van der Waals surface area contributed by atoms with Crippen molar-refractivity contribution in [2.24, 2.45) is 0 Å². The number of nitrogens with zero attached hydrogens (tertiary/aromatic N) is 1. The summed E-state index contributed by atoms with van der Waals surface area (Å²) in [6.07, 6.45) is 3.06. The zero-order chi connectivity index (χ0) is 16.0. The lowest BCUT2D eigenvalue weighted by molar-refractivity contribution is 0.0953. The number of carbonyl (C=O) groups excluding carboxylic acids is 1. The van der Waals surface area contributed by atoms with E-state index < -0.39 is 0 Å². The van der Waals surface area contributed by atoms with E-state index in [-0.39, 0.29) is 11.3 Å². The van der Waals surface area contributed by atoms with Crippen molar-refractivity contribution < 1.29 is 4.79 Å². The molecule has 118 valence electrons. The Morgan fingerprint density at radius 3 is 2.57 bits per heavy atom. The number of amides is 1. The standard InChI is InChI=1S/C16H27N3OS/c1-11(21-6)7-8-18-15(20)12-9-13(16(2,3)4)19-14(10-12)17-5/h9-11H,7-8H2,1-6H3,(H,17,19)(H,18,20). The normalized spacial score (nSPS) is 12.9. The highest BCUT2D eigenvalue weighted by Gasteiger charge is 2.19. The van der Waals surface area contributed by atoms with Gasteiger partial charge in [0.1, 0.15) is 5.82 Å². The smallest absolute Gasteiger partial charge is 0.251 e. The van der Waals surface area contributed by atoms with E-state index in [2.05, 4.69) is 49.6 Å². The van der Waals surface area contributed by atoms with E-state index in [1.54, 1.807) is 6.07 Å². The molecule has 1 unspecified atom stereocenters. The van der Waals surface area contributed by atoms with Gasteiger partial charge in [-0.25, -0.2) is 4.98 Å². The highest BCUT2D eigenvalue weighted by atomic mass is 32.2. The molecular weight excluding hydrogens is 282 g/mol. The fourth-order valence-corrected chi connectivity index (χ4v) is 2.14. The van der Waals surface area contributed by atoms with Crippen molar-refractivity contribution in [1.29, 1.82) is 0 Å². The maximum absolute atomic E-state index is 12.3. The number of hydrogen-bond acceptors (Lipinski definition) is 4. The lowest BCUT2D eigenvalue weighted by Crippen LogP contribution is -2.27. The van der Waals surface area contributed by atoms with Crippen LogP contribution in [-0.4, -0.2) is 36.0 Å². The molecule has 2 N–H and O–H groups in total. The lowest BCUT2D eigenvalue weighted by atomic mass is 9.90. The molecule has 1 aromatic heterocycles. The van der Waals surface area contributed by atoms with Crippen molar-refractivity contribution in [3.8, 4) is 0 Å². The summed E-state index contributed by atoms with van der Waals surface area (Å²) in [5.74, 6) is 0.692. The van der Waals surface area contributed by atoms with Crippen molar-refractivity contribution in [3.05, 3.63) is 23.4 Å². The van der Waals surface area contributed by atoms with Gasteiger partial charge in [0.15, 0.2) is 0 Å². The second kappa shape index (κ2) is 7.69. The van der Waals surface area contributed by atoms with Crippen LogP contribution in [0.15, 0.2) is 12.1 Å². The van der Waals surface area contributed by atoms with Gasteiger partial charge in [-0.3, -0.25) is 4.79 Å². The Balaban J connectivity index is 2.84. The number of rotatable bonds is 6. The molecule has 1 aromatic rings. The molecule has 0 aromatic carbocycles. The van der Waals surface area contributed by atoms with Crippen LogP contribution < -0.4 is 10.6 Å². The summed E-state index contributed by atoms with van der Waals surface area (Å²) in [5, 5.41) is 6.57. The fourth-order valence-electron chi connectivity index (χ4n) is 1.78. The second-order valence-electron chi connectivity index (χ2n) is 6.22. The molecule has 0 aliphatic carbocycles. The molecule has 0 aliphatic heterocycles. The molecule has 0 aliphatic rings. The van der Waals surface area contributed by atoms with Gasteiger partial charge in [-0.05, 0) is 24.8 Å². The molecule has 0 saturated heterocycles. The summed E-state index contributed by atoms with van der Waals surface area (Å²) in [7, 11) is 1.82. The first-order valence-corrected chi connectivity index (χ1v) is 8.58. The van der Waals surface area contributed by atoms with Crippen LogP contribution in [0.1, 0.15) is 50.2 Å². The molecule has 0 bridgehead atoms. The second-order valence-corrected chi connectivity index (χ2v) is 7.49. The maximum atomic E-state index is 12.3. The van der Waals surface area contributed by atoms with E-state index >= 15 is 0 Å². The largest absolute Gasteiger partial charge is 0.373 e. The number of anilines is 1. The van der Waals surface area contributed by atoms with Gasteiger partial charge in [-0.2, -0.15) is 11.8 Å². The summed E-state index contributed by atoms with van der Waals surface area (Å²) < 4.78 is 0. The summed E-state index contributed by atoms with van der Waals surface area (Å²) in [6, 6.07) is 3.68. The third kappa shape index (κ3) is 5.58. The molecule has 1 heterocycles. The Bertz CT molecular complexity index is 483. The SMILES string of the molecule is CNc1cc(C(=O)NCCC(C)SC)cc(C(C)(C)C)n1. The topological polar surface area (TPSA) is 54.0 Å². The van der Waals surface area contributed by atoms with E-state index in [4.69, 9.17) is 0 Å². The summed E-state index contributed by atoms with van der Waals surface area (Å²) in [5.41, 5.74) is 1.49. The number of carbonyl (C=O) groups is 1. The monoisotopic (exact) mass is 309 g/mol. The van der Waals surface area contributed by atoms with Crippen LogP contribution in [0.4, 0.5) is 5.82 Å². The average Bonchev–Trinajstić information content (AvgIpc) is 2.45.